The van der Waals surface area contributed by atoms with Gasteiger partial charge in [-0.2, -0.15) is 0 Å². The number of anilines is 1. The molecule has 0 spiro atoms. The summed E-state index contributed by atoms with van der Waals surface area (Å²) < 4.78 is 5.74. The molecule has 0 saturated carbocycles. The van der Waals surface area contributed by atoms with Gasteiger partial charge in [0, 0.05) is 18.8 Å². The molecule has 0 radical (unpaired) electrons. The van der Waals surface area contributed by atoms with Crippen LogP contribution in [0.3, 0.4) is 0 Å². The lowest BCUT2D eigenvalue weighted by Crippen LogP contribution is -2.46. The van der Waals surface area contributed by atoms with Gasteiger partial charge in [0.1, 0.15) is 29.8 Å². The number of aliphatic hydroxyl groups is 1. The number of benzene rings is 2. The Hall–Kier alpha value is -4.19. The number of nitrogens with one attached hydrogen (secondary N) is 3. The summed E-state index contributed by atoms with van der Waals surface area (Å²) in [5.74, 6) is 0.147. The van der Waals surface area contributed by atoms with Crippen molar-refractivity contribution in [2.75, 3.05) is 38.6 Å². The summed E-state index contributed by atoms with van der Waals surface area (Å²) in [5, 5.41) is 14.2. The Morgan fingerprint density at radius 1 is 1.09 bits per heavy atom. The van der Waals surface area contributed by atoms with Crippen LogP contribution in [-0.2, 0) is 0 Å². The molecule has 4 heterocycles. The van der Waals surface area contributed by atoms with Crippen LogP contribution >= 0.6 is 11.6 Å². The van der Waals surface area contributed by atoms with Gasteiger partial charge in [-0.3, -0.25) is 19.3 Å². The molecular weight excluding hydrogens is 572 g/mol. The number of aromatic amines is 2. The molecule has 12 heteroatoms. The number of hydrogen-bond acceptors (Lipinski definition) is 8. The van der Waals surface area contributed by atoms with E-state index in [9.17, 15) is 19.5 Å². The molecule has 2 aliphatic heterocycles. The number of nitrogens with zero attached hydrogens (tertiary/aromatic N) is 3. The van der Waals surface area contributed by atoms with Gasteiger partial charge in [0.05, 0.1) is 32.9 Å². The largest absolute Gasteiger partial charge is 0.489 e. The molecule has 0 bridgehead atoms. The summed E-state index contributed by atoms with van der Waals surface area (Å²) in [6.07, 6.45) is 2.08. The van der Waals surface area contributed by atoms with E-state index in [1.807, 2.05) is 33.0 Å². The van der Waals surface area contributed by atoms with Crippen LogP contribution in [0, 0.1) is 13.8 Å². The number of imide groups is 1. The standard InChI is InChI=1S/C31H33ClN6O5/c1-16-10-22(32)26(11-17(16)2)43-15-19(39)14-34-23-4-7-33-29(40)27(23)28-35-24-12-20-21(13-25(24)36-28)31(42)38(30(20)41)18-5-8-37(3)9-6-18/h4,7,10-13,18-19,39H,5-6,8-9,14-15H2,1-3H3,(H,35,36)(H2,33,34,40). The summed E-state index contributed by atoms with van der Waals surface area (Å²) in [6.45, 7) is 5.65. The quantitative estimate of drug-likeness (QED) is 0.223. The van der Waals surface area contributed by atoms with Crippen molar-refractivity contribution in [3.8, 4) is 17.1 Å². The number of fused-ring (bicyclic) bond motifs is 2. The number of halogens is 1. The molecule has 1 atom stereocenters. The second-order valence-electron chi connectivity index (χ2n) is 11.3. The fraction of sp³-hybridized carbons (Fsp3) is 0.355. The van der Waals surface area contributed by atoms with Crippen molar-refractivity contribution in [2.45, 2.75) is 38.8 Å². The first-order valence-corrected chi connectivity index (χ1v) is 14.6. The Balaban J connectivity index is 1.20. The number of aromatic nitrogens is 3. The molecule has 1 unspecified atom stereocenters. The van der Waals surface area contributed by atoms with Crippen LogP contribution in [0.15, 0.2) is 41.3 Å². The van der Waals surface area contributed by atoms with Crippen molar-refractivity contribution < 1.29 is 19.4 Å². The maximum Gasteiger partial charge on any atom is 0.261 e. The number of amides is 2. The van der Waals surface area contributed by atoms with Gasteiger partial charge in [-0.05, 0) is 88.3 Å². The number of H-pyrrole nitrogens is 2. The maximum atomic E-state index is 13.3. The van der Waals surface area contributed by atoms with E-state index in [0.717, 1.165) is 37.1 Å². The van der Waals surface area contributed by atoms with Crippen molar-refractivity contribution in [1.29, 1.82) is 0 Å². The van der Waals surface area contributed by atoms with E-state index in [0.29, 0.717) is 38.6 Å². The van der Waals surface area contributed by atoms with Crippen LogP contribution in [0.1, 0.15) is 44.7 Å². The van der Waals surface area contributed by atoms with Gasteiger partial charge >= 0.3 is 0 Å². The molecular formula is C31H33ClN6O5. The molecule has 224 valence electrons. The zero-order valence-corrected chi connectivity index (χ0v) is 24.9. The lowest BCUT2D eigenvalue weighted by atomic mass is 10.0. The van der Waals surface area contributed by atoms with Crippen molar-refractivity contribution >= 4 is 40.1 Å². The molecule has 2 aliphatic rings. The van der Waals surface area contributed by atoms with E-state index in [1.165, 1.54) is 11.1 Å². The Morgan fingerprint density at radius 3 is 2.53 bits per heavy atom. The van der Waals surface area contributed by atoms with Gasteiger partial charge in [0.2, 0.25) is 0 Å². The van der Waals surface area contributed by atoms with E-state index in [2.05, 4.69) is 25.2 Å². The summed E-state index contributed by atoms with van der Waals surface area (Å²) in [5.41, 5.74) is 4.00. The molecule has 43 heavy (non-hydrogen) atoms. The number of piperidine rings is 1. The Bertz CT molecular complexity index is 1740. The third kappa shape index (κ3) is 5.51. The summed E-state index contributed by atoms with van der Waals surface area (Å²) in [4.78, 5) is 53.6. The van der Waals surface area contributed by atoms with Gasteiger partial charge in [-0.25, -0.2) is 4.98 Å². The van der Waals surface area contributed by atoms with Crippen LogP contribution in [0.25, 0.3) is 22.4 Å². The van der Waals surface area contributed by atoms with Gasteiger partial charge in [0.15, 0.2) is 0 Å². The Morgan fingerprint density at radius 2 is 1.79 bits per heavy atom. The summed E-state index contributed by atoms with van der Waals surface area (Å²) in [6, 6.07) is 8.45. The molecule has 1 saturated heterocycles. The van der Waals surface area contributed by atoms with E-state index in [-0.39, 0.29) is 42.4 Å². The first kappa shape index (κ1) is 28.9. The van der Waals surface area contributed by atoms with Crippen LogP contribution in [-0.4, -0.2) is 87.1 Å². The predicted octanol–water partition coefficient (Wildman–Crippen LogP) is 3.73. The smallest absolute Gasteiger partial charge is 0.261 e. The molecule has 4 N–H and O–H groups in total. The third-order valence-electron chi connectivity index (χ3n) is 8.28. The SMILES string of the molecule is Cc1cc(Cl)c(OCC(O)CNc2cc[nH]c(=O)c2-c2nc3cc4c(cc3[nH]2)C(=O)N(C2CCN(C)CC2)C4=O)cc1C. The van der Waals surface area contributed by atoms with Crippen LogP contribution in [0.4, 0.5) is 5.69 Å². The molecule has 4 aromatic rings. The number of imidazole rings is 1. The van der Waals surface area contributed by atoms with E-state index >= 15 is 0 Å². The van der Waals surface area contributed by atoms with Gasteiger partial charge in [-0.15, -0.1) is 0 Å². The highest BCUT2D eigenvalue weighted by atomic mass is 35.5. The lowest BCUT2D eigenvalue weighted by Gasteiger charge is -2.33. The maximum absolute atomic E-state index is 13.3. The fourth-order valence-corrected chi connectivity index (χ4v) is 5.94. The third-order valence-corrected chi connectivity index (χ3v) is 8.57. The number of carbonyl (C=O) groups is 2. The molecule has 6 rings (SSSR count). The zero-order valence-electron chi connectivity index (χ0n) is 24.2. The van der Waals surface area contributed by atoms with Crippen molar-refractivity contribution in [3.05, 3.63) is 74.2 Å². The highest BCUT2D eigenvalue weighted by Gasteiger charge is 2.41. The van der Waals surface area contributed by atoms with E-state index in [1.54, 1.807) is 18.2 Å². The topological polar surface area (TPSA) is 144 Å². The number of aliphatic hydroxyl groups excluding tert-OH is 1. The number of rotatable bonds is 8. The van der Waals surface area contributed by atoms with Gasteiger partial charge < -0.3 is 30.0 Å². The second-order valence-corrected chi connectivity index (χ2v) is 11.7. The van der Waals surface area contributed by atoms with E-state index in [4.69, 9.17) is 16.3 Å². The number of ether oxygens (including phenoxy) is 1. The number of pyridine rings is 1. The van der Waals surface area contributed by atoms with Gasteiger partial charge in [0.25, 0.3) is 17.4 Å². The van der Waals surface area contributed by atoms with Crippen LogP contribution in [0.5, 0.6) is 5.75 Å². The first-order chi connectivity index (χ1) is 20.6. The summed E-state index contributed by atoms with van der Waals surface area (Å²) in [7, 11) is 2.03. The number of hydrogen-bond donors (Lipinski definition) is 4. The molecule has 11 nitrogen and oxygen atoms in total. The fourth-order valence-electron chi connectivity index (χ4n) is 5.66. The molecule has 2 aromatic carbocycles. The zero-order chi connectivity index (χ0) is 30.4. The lowest BCUT2D eigenvalue weighted by molar-refractivity contribution is 0.0516. The highest BCUT2D eigenvalue weighted by molar-refractivity contribution is 6.32. The minimum absolute atomic E-state index is 0.0133. The normalized spacial score (nSPS) is 16.6. The molecule has 2 amide bonds. The minimum Gasteiger partial charge on any atom is -0.489 e. The number of carbonyl (C=O) groups excluding carboxylic acids is 2. The molecule has 2 aromatic heterocycles. The van der Waals surface area contributed by atoms with Crippen LogP contribution < -0.4 is 15.6 Å². The Labute approximate surface area is 252 Å². The average Bonchev–Trinajstić information content (AvgIpc) is 3.49. The van der Waals surface area contributed by atoms with Crippen molar-refractivity contribution in [1.82, 2.24) is 24.8 Å². The highest BCUT2D eigenvalue weighted by Crippen LogP contribution is 2.33. The Kier molecular flexibility index (Phi) is 7.72. The monoisotopic (exact) mass is 604 g/mol. The predicted molar refractivity (Wildman–Crippen MR) is 164 cm³/mol. The number of aryl methyl sites for hydroxylation is 2. The first-order valence-electron chi connectivity index (χ1n) is 14.2. The summed E-state index contributed by atoms with van der Waals surface area (Å²) >= 11 is 6.28. The average molecular weight is 605 g/mol. The van der Waals surface area contributed by atoms with Crippen molar-refractivity contribution in [2.24, 2.45) is 0 Å². The second kappa shape index (κ2) is 11.5. The van der Waals surface area contributed by atoms with E-state index < -0.39 is 11.7 Å². The van der Waals surface area contributed by atoms with Crippen LogP contribution in [0.2, 0.25) is 5.02 Å². The van der Waals surface area contributed by atoms with Crippen molar-refractivity contribution in [3.63, 3.8) is 0 Å². The minimum atomic E-state index is -0.909. The molecule has 1 fully saturated rings. The number of likely N-dealkylation sites (tertiary alicyclic amines) is 1. The molecule has 0 aliphatic carbocycles. The van der Waals surface area contributed by atoms with Gasteiger partial charge in [-0.1, -0.05) is 11.6 Å².